The van der Waals surface area contributed by atoms with Gasteiger partial charge in [0.15, 0.2) is 5.11 Å². The average molecular weight is 186 g/mol. The molecule has 1 saturated carbocycles. The van der Waals surface area contributed by atoms with Crippen LogP contribution in [0.5, 0.6) is 0 Å². The van der Waals surface area contributed by atoms with Crippen molar-refractivity contribution in [3.63, 3.8) is 0 Å². The van der Waals surface area contributed by atoms with Gasteiger partial charge in [-0.15, -0.1) is 0 Å². The highest BCUT2D eigenvalue weighted by atomic mass is 32.1. The smallest absolute Gasteiger partial charge is 0.229 e. The molecule has 1 aliphatic rings. The summed E-state index contributed by atoms with van der Waals surface area (Å²) in [6.45, 7) is 3.96. The van der Waals surface area contributed by atoms with Crippen LogP contribution in [0.25, 0.3) is 0 Å². The average Bonchev–Trinajstić information content (AvgIpc) is 2.63. The van der Waals surface area contributed by atoms with Crippen LogP contribution in [0.1, 0.15) is 26.7 Å². The Kier molecular flexibility index (Phi) is 3.03. The summed E-state index contributed by atoms with van der Waals surface area (Å²) in [5.41, 5.74) is 0. The Balaban J connectivity index is 2.20. The first-order valence-corrected chi connectivity index (χ1v) is 4.62. The van der Waals surface area contributed by atoms with Crippen molar-refractivity contribution < 1.29 is 4.79 Å². The standard InChI is InChI=1S/C8H14N2OS/c1-5(2)9-8(12)10-7(11)6-3-4-6/h5-6H,3-4H2,1-2H3,(H2,9,10,11,12). The summed E-state index contributed by atoms with van der Waals surface area (Å²) in [5, 5.41) is 6.06. The van der Waals surface area contributed by atoms with E-state index in [1.807, 2.05) is 13.8 Å². The van der Waals surface area contributed by atoms with Crippen molar-refractivity contribution in [3.05, 3.63) is 0 Å². The molecule has 0 aromatic carbocycles. The van der Waals surface area contributed by atoms with Gasteiger partial charge in [-0.2, -0.15) is 0 Å². The summed E-state index contributed by atoms with van der Waals surface area (Å²) in [4.78, 5) is 11.2. The lowest BCUT2D eigenvalue weighted by molar-refractivity contribution is -0.120. The van der Waals surface area contributed by atoms with E-state index in [-0.39, 0.29) is 17.9 Å². The maximum atomic E-state index is 11.2. The molecule has 0 bridgehead atoms. The van der Waals surface area contributed by atoms with Crippen molar-refractivity contribution in [3.8, 4) is 0 Å². The summed E-state index contributed by atoms with van der Waals surface area (Å²) in [6.07, 6.45) is 2.02. The van der Waals surface area contributed by atoms with E-state index in [2.05, 4.69) is 10.6 Å². The summed E-state index contributed by atoms with van der Waals surface area (Å²) < 4.78 is 0. The highest BCUT2D eigenvalue weighted by Gasteiger charge is 2.29. The molecule has 0 aromatic heterocycles. The van der Waals surface area contributed by atoms with Crippen molar-refractivity contribution in [2.45, 2.75) is 32.7 Å². The predicted molar refractivity (Wildman–Crippen MR) is 51.7 cm³/mol. The van der Waals surface area contributed by atoms with Crippen molar-refractivity contribution in [2.75, 3.05) is 0 Å². The lowest BCUT2D eigenvalue weighted by Gasteiger charge is -2.11. The second-order valence-corrected chi connectivity index (χ2v) is 3.80. The van der Waals surface area contributed by atoms with E-state index in [0.717, 1.165) is 12.8 Å². The van der Waals surface area contributed by atoms with Crippen LogP contribution in [0.3, 0.4) is 0 Å². The summed E-state index contributed by atoms with van der Waals surface area (Å²) in [6, 6.07) is 0.275. The molecule has 0 saturated heterocycles. The van der Waals surface area contributed by atoms with Crippen molar-refractivity contribution in [2.24, 2.45) is 5.92 Å². The lowest BCUT2D eigenvalue weighted by atomic mass is 10.4. The van der Waals surface area contributed by atoms with Gasteiger partial charge < -0.3 is 10.6 Å². The SMILES string of the molecule is CC(C)NC(=S)NC(=O)C1CC1. The molecule has 0 spiro atoms. The van der Waals surface area contributed by atoms with Gasteiger partial charge in [-0.25, -0.2) is 0 Å². The molecule has 3 nitrogen and oxygen atoms in total. The zero-order chi connectivity index (χ0) is 9.14. The highest BCUT2D eigenvalue weighted by molar-refractivity contribution is 7.80. The highest BCUT2D eigenvalue weighted by Crippen LogP contribution is 2.28. The Bertz CT molecular complexity index is 199. The quantitative estimate of drug-likeness (QED) is 0.627. The van der Waals surface area contributed by atoms with Crippen LogP contribution in [0.4, 0.5) is 0 Å². The van der Waals surface area contributed by atoms with Crippen LogP contribution in [-0.4, -0.2) is 17.1 Å². The molecule has 12 heavy (non-hydrogen) atoms. The number of rotatable bonds is 2. The minimum absolute atomic E-state index is 0.0631. The van der Waals surface area contributed by atoms with Crippen molar-refractivity contribution >= 4 is 23.2 Å². The van der Waals surface area contributed by atoms with Gasteiger partial charge in [0.25, 0.3) is 0 Å². The molecule has 0 aliphatic heterocycles. The molecule has 68 valence electrons. The zero-order valence-corrected chi connectivity index (χ0v) is 8.20. The maximum absolute atomic E-state index is 11.2. The molecular weight excluding hydrogens is 172 g/mol. The largest absolute Gasteiger partial charge is 0.360 e. The number of thiocarbonyl (C=S) groups is 1. The maximum Gasteiger partial charge on any atom is 0.229 e. The molecule has 1 fully saturated rings. The van der Waals surface area contributed by atoms with Gasteiger partial charge in [-0.3, -0.25) is 4.79 Å². The molecule has 0 atom stereocenters. The van der Waals surface area contributed by atoms with Gasteiger partial charge in [-0.05, 0) is 38.9 Å². The van der Waals surface area contributed by atoms with E-state index in [9.17, 15) is 4.79 Å². The topological polar surface area (TPSA) is 41.1 Å². The Hall–Kier alpha value is -0.640. The van der Waals surface area contributed by atoms with Gasteiger partial charge in [0.05, 0.1) is 0 Å². The number of nitrogens with one attached hydrogen (secondary N) is 2. The third-order valence-corrected chi connectivity index (χ3v) is 1.82. The number of carbonyl (C=O) groups excluding carboxylic acids is 1. The van der Waals surface area contributed by atoms with Crippen LogP contribution in [-0.2, 0) is 4.79 Å². The van der Waals surface area contributed by atoms with Gasteiger partial charge in [0.1, 0.15) is 0 Å². The summed E-state index contributed by atoms with van der Waals surface area (Å²) in [5.74, 6) is 0.282. The van der Waals surface area contributed by atoms with Crippen LogP contribution < -0.4 is 10.6 Å². The van der Waals surface area contributed by atoms with Crippen LogP contribution in [0.15, 0.2) is 0 Å². The fraction of sp³-hybridized carbons (Fsp3) is 0.750. The van der Waals surface area contributed by atoms with Gasteiger partial charge in [0.2, 0.25) is 5.91 Å². The van der Waals surface area contributed by atoms with E-state index in [1.54, 1.807) is 0 Å². The fourth-order valence-electron chi connectivity index (χ4n) is 0.858. The first-order chi connectivity index (χ1) is 5.59. The molecule has 2 N–H and O–H groups in total. The molecule has 0 heterocycles. The van der Waals surface area contributed by atoms with Crippen LogP contribution >= 0.6 is 12.2 Å². The van der Waals surface area contributed by atoms with E-state index >= 15 is 0 Å². The zero-order valence-electron chi connectivity index (χ0n) is 7.39. The second kappa shape index (κ2) is 3.85. The van der Waals surface area contributed by atoms with E-state index in [4.69, 9.17) is 12.2 Å². The monoisotopic (exact) mass is 186 g/mol. The third kappa shape index (κ3) is 3.17. The van der Waals surface area contributed by atoms with E-state index in [1.165, 1.54) is 0 Å². The molecule has 1 aliphatic carbocycles. The number of amides is 1. The van der Waals surface area contributed by atoms with Gasteiger partial charge in [0, 0.05) is 12.0 Å². The molecule has 0 radical (unpaired) electrons. The molecule has 4 heteroatoms. The molecule has 0 aromatic rings. The van der Waals surface area contributed by atoms with E-state index < -0.39 is 0 Å². The molecule has 0 unspecified atom stereocenters. The minimum atomic E-state index is 0.0631. The number of hydrogen-bond acceptors (Lipinski definition) is 2. The molecule has 1 amide bonds. The second-order valence-electron chi connectivity index (χ2n) is 3.39. The Labute approximate surface area is 77.9 Å². The lowest BCUT2D eigenvalue weighted by Crippen LogP contribution is -2.42. The van der Waals surface area contributed by atoms with Crippen LogP contribution in [0.2, 0.25) is 0 Å². The fourth-order valence-corrected chi connectivity index (χ4v) is 1.19. The Morgan fingerprint density at radius 1 is 1.50 bits per heavy atom. The summed E-state index contributed by atoms with van der Waals surface area (Å²) >= 11 is 4.91. The normalized spacial score (nSPS) is 15.9. The minimum Gasteiger partial charge on any atom is -0.360 e. The Morgan fingerprint density at radius 2 is 2.08 bits per heavy atom. The predicted octanol–water partition coefficient (Wildman–Crippen LogP) is 0.795. The first-order valence-electron chi connectivity index (χ1n) is 4.21. The first kappa shape index (κ1) is 9.45. The van der Waals surface area contributed by atoms with E-state index in [0.29, 0.717) is 5.11 Å². The molecule has 1 rings (SSSR count). The van der Waals surface area contributed by atoms with Crippen molar-refractivity contribution in [1.29, 1.82) is 0 Å². The van der Waals surface area contributed by atoms with Crippen molar-refractivity contribution in [1.82, 2.24) is 10.6 Å². The Morgan fingerprint density at radius 3 is 2.50 bits per heavy atom. The summed E-state index contributed by atoms with van der Waals surface area (Å²) in [7, 11) is 0. The molecular formula is C8H14N2OS. The van der Waals surface area contributed by atoms with Gasteiger partial charge >= 0.3 is 0 Å². The van der Waals surface area contributed by atoms with Crippen LogP contribution in [0, 0.1) is 5.92 Å². The number of carbonyl (C=O) groups is 1. The number of hydrogen-bond donors (Lipinski definition) is 2. The van der Waals surface area contributed by atoms with Gasteiger partial charge in [-0.1, -0.05) is 0 Å². The third-order valence-electron chi connectivity index (χ3n) is 1.60.